The summed E-state index contributed by atoms with van der Waals surface area (Å²) in [4.78, 5) is 6.18. The Kier molecular flexibility index (Phi) is 5.05. The molecule has 1 aromatic heterocycles. The van der Waals surface area contributed by atoms with Gasteiger partial charge in [0, 0.05) is 47.9 Å². The molecule has 1 saturated heterocycles. The molecular formula is C30H32N2O2. The molecule has 0 spiro atoms. The van der Waals surface area contributed by atoms with Crippen molar-refractivity contribution in [2.75, 3.05) is 20.2 Å². The third-order valence-electron chi connectivity index (χ3n) is 8.29. The summed E-state index contributed by atoms with van der Waals surface area (Å²) in [6.07, 6.45) is 2.35. The van der Waals surface area contributed by atoms with Gasteiger partial charge >= 0.3 is 0 Å². The van der Waals surface area contributed by atoms with Gasteiger partial charge in [0.2, 0.25) is 0 Å². The molecule has 4 aromatic rings. The van der Waals surface area contributed by atoms with Gasteiger partial charge in [0.05, 0.1) is 12.7 Å². The fourth-order valence-corrected chi connectivity index (χ4v) is 6.49. The number of H-pyrrole nitrogens is 1. The molecule has 174 valence electrons. The molecular weight excluding hydrogens is 420 g/mol. The lowest BCUT2D eigenvalue weighted by Gasteiger charge is -2.56. The average molecular weight is 453 g/mol. The third-order valence-corrected chi connectivity index (χ3v) is 8.29. The summed E-state index contributed by atoms with van der Waals surface area (Å²) in [6.45, 7) is 4.61. The maximum atomic E-state index is 12.6. The SMILES string of the molecule is COc1cccc(C23CCN(Cc4ccccc4)CC2(O)Cc2c([nH]c4c(C)cccc24)C3)c1. The minimum absolute atomic E-state index is 0.365. The zero-order chi connectivity index (χ0) is 23.3. The molecule has 3 aromatic carbocycles. The molecule has 0 amide bonds. The van der Waals surface area contributed by atoms with Crippen LogP contribution in [0.2, 0.25) is 0 Å². The zero-order valence-electron chi connectivity index (χ0n) is 20.0. The Morgan fingerprint density at radius 3 is 2.65 bits per heavy atom. The van der Waals surface area contributed by atoms with Gasteiger partial charge in [0.1, 0.15) is 5.75 Å². The average Bonchev–Trinajstić information content (AvgIpc) is 3.20. The lowest BCUT2D eigenvalue weighted by molar-refractivity contribution is -0.105. The topological polar surface area (TPSA) is 48.5 Å². The van der Waals surface area contributed by atoms with Crippen molar-refractivity contribution in [2.24, 2.45) is 0 Å². The maximum absolute atomic E-state index is 12.6. The van der Waals surface area contributed by atoms with Crippen molar-refractivity contribution in [3.8, 4) is 5.75 Å². The molecule has 2 atom stereocenters. The van der Waals surface area contributed by atoms with Crippen molar-refractivity contribution >= 4 is 10.9 Å². The van der Waals surface area contributed by atoms with E-state index in [2.05, 4.69) is 83.5 Å². The van der Waals surface area contributed by atoms with Gasteiger partial charge in [-0.05, 0) is 54.3 Å². The van der Waals surface area contributed by atoms with Crippen LogP contribution in [0.4, 0.5) is 0 Å². The number of nitrogens with one attached hydrogen (secondary N) is 1. The first-order chi connectivity index (χ1) is 16.5. The molecule has 4 nitrogen and oxygen atoms in total. The van der Waals surface area contributed by atoms with Crippen molar-refractivity contribution in [3.05, 3.63) is 101 Å². The normalized spacial score (nSPS) is 24.6. The smallest absolute Gasteiger partial charge is 0.119 e. The molecule has 0 radical (unpaired) electrons. The number of aryl methyl sites for hydroxylation is 1. The van der Waals surface area contributed by atoms with E-state index in [1.165, 1.54) is 38.9 Å². The van der Waals surface area contributed by atoms with E-state index in [-0.39, 0.29) is 5.41 Å². The molecule has 4 heteroatoms. The van der Waals surface area contributed by atoms with Gasteiger partial charge < -0.3 is 14.8 Å². The third kappa shape index (κ3) is 3.28. The Bertz CT molecular complexity index is 1340. The second kappa shape index (κ2) is 8.00. The number of piperidine rings is 1. The molecule has 1 aliphatic heterocycles. The molecule has 2 N–H and O–H groups in total. The van der Waals surface area contributed by atoms with Gasteiger partial charge in [0.15, 0.2) is 0 Å². The Morgan fingerprint density at radius 2 is 1.82 bits per heavy atom. The minimum atomic E-state index is -0.877. The number of methoxy groups -OCH3 is 1. The molecule has 6 rings (SSSR count). The van der Waals surface area contributed by atoms with Gasteiger partial charge in [-0.3, -0.25) is 4.90 Å². The lowest BCUT2D eigenvalue weighted by Crippen LogP contribution is -2.66. The monoisotopic (exact) mass is 452 g/mol. The fraction of sp³-hybridized carbons (Fsp3) is 0.333. The van der Waals surface area contributed by atoms with Crippen LogP contribution in [0.3, 0.4) is 0 Å². The lowest BCUT2D eigenvalue weighted by atomic mass is 9.56. The first kappa shape index (κ1) is 21.5. The van der Waals surface area contributed by atoms with Crippen molar-refractivity contribution in [3.63, 3.8) is 0 Å². The van der Waals surface area contributed by atoms with Crippen LogP contribution < -0.4 is 4.74 Å². The number of fused-ring (bicyclic) bond motifs is 4. The second-order valence-corrected chi connectivity index (χ2v) is 10.2. The van der Waals surface area contributed by atoms with E-state index in [1.807, 2.05) is 6.07 Å². The number of hydrogen-bond donors (Lipinski definition) is 2. The summed E-state index contributed by atoms with van der Waals surface area (Å²) in [5.41, 5.74) is 6.23. The zero-order valence-corrected chi connectivity index (χ0v) is 20.0. The van der Waals surface area contributed by atoms with E-state index >= 15 is 0 Å². The summed E-state index contributed by atoms with van der Waals surface area (Å²) in [5, 5.41) is 13.9. The summed E-state index contributed by atoms with van der Waals surface area (Å²) >= 11 is 0. The number of aromatic nitrogens is 1. The number of para-hydroxylation sites is 1. The number of likely N-dealkylation sites (tertiary alicyclic amines) is 1. The maximum Gasteiger partial charge on any atom is 0.119 e. The van der Waals surface area contributed by atoms with Crippen LogP contribution in [0.5, 0.6) is 5.75 Å². The van der Waals surface area contributed by atoms with Gasteiger partial charge in [-0.2, -0.15) is 0 Å². The van der Waals surface area contributed by atoms with Crippen LogP contribution in [0.15, 0.2) is 72.8 Å². The van der Waals surface area contributed by atoms with Crippen molar-refractivity contribution < 1.29 is 9.84 Å². The summed E-state index contributed by atoms with van der Waals surface area (Å²) in [7, 11) is 1.71. The number of rotatable bonds is 4. The van der Waals surface area contributed by atoms with Gasteiger partial charge in [-0.1, -0.05) is 60.7 Å². The second-order valence-electron chi connectivity index (χ2n) is 10.2. The molecule has 0 bridgehead atoms. The van der Waals surface area contributed by atoms with E-state index in [1.54, 1.807) is 7.11 Å². The molecule has 1 aliphatic carbocycles. The number of aliphatic hydroxyl groups is 1. The summed E-state index contributed by atoms with van der Waals surface area (Å²) < 4.78 is 5.59. The molecule has 0 saturated carbocycles. The number of aromatic amines is 1. The van der Waals surface area contributed by atoms with E-state index in [0.717, 1.165) is 31.7 Å². The number of hydrogen-bond acceptors (Lipinski definition) is 3. The standard InChI is InChI=1S/C30H32N2O2/c1-21-8-6-13-25-26-17-30(33)20-32(19-22-9-4-3-5-10-22)15-14-29(30,18-27(26)31-28(21)25)23-11-7-12-24(16-23)34-2/h3-13,16,31,33H,14-15,17-20H2,1-2H3. The Balaban J connectivity index is 1.47. The van der Waals surface area contributed by atoms with Crippen LogP contribution in [0.25, 0.3) is 10.9 Å². The van der Waals surface area contributed by atoms with Crippen LogP contribution in [-0.4, -0.2) is 40.8 Å². The summed E-state index contributed by atoms with van der Waals surface area (Å²) in [6, 6.07) is 25.4. The van der Waals surface area contributed by atoms with Crippen molar-refractivity contribution in [2.45, 2.75) is 43.7 Å². The Morgan fingerprint density at radius 1 is 1.00 bits per heavy atom. The summed E-state index contributed by atoms with van der Waals surface area (Å²) in [5.74, 6) is 0.847. The van der Waals surface area contributed by atoms with Crippen LogP contribution in [0, 0.1) is 6.92 Å². The first-order valence-corrected chi connectivity index (χ1v) is 12.2. The number of ether oxygens (including phenoxy) is 1. The molecule has 34 heavy (non-hydrogen) atoms. The molecule has 2 aliphatic rings. The first-order valence-electron chi connectivity index (χ1n) is 12.2. The van der Waals surface area contributed by atoms with E-state index < -0.39 is 5.60 Å². The number of β-amino-alcohol motifs (C(OH)–C–C–N with tert-alkyl or cyclic N) is 1. The predicted molar refractivity (Wildman–Crippen MR) is 136 cm³/mol. The van der Waals surface area contributed by atoms with Gasteiger partial charge in [-0.25, -0.2) is 0 Å². The Hall–Kier alpha value is -3.08. The van der Waals surface area contributed by atoms with Crippen molar-refractivity contribution in [1.29, 1.82) is 0 Å². The Labute approximate surface area is 201 Å². The molecule has 2 heterocycles. The number of nitrogens with zero attached hydrogens (tertiary/aromatic N) is 1. The largest absolute Gasteiger partial charge is 0.497 e. The highest BCUT2D eigenvalue weighted by Gasteiger charge is 2.57. The van der Waals surface area contributed by atoms with E-state index in [0.29, 0.717) is 13.0 Å². The van der Waals surface area contributed by atoms with Gasteiger partial charge in [0.25, 0.3) is 0 Å². The quantitative estimate of drug-likeness (QED) is 0.450. The fourth-order valence-electron chi connectivity index (χ4n) is 6.49. The van der Waals surface area contributed by atoms with Crippen LogP contribution in [-0.2, 0) is 24.8 Å². The minimum Gasteiger partial charge on any atom is -0.497 e. The highest BCUT2D eigenvalue weighted by molar-refractivity contribution is 5.88. The van der Waals surface area contributed by atoms with Gasteiger partial charge in [-0.15, -0.1) is 0 Å². The molecule has 1 fully saturated rings. The van der Waals surface area contributed by atoms with E-state index in [9.17, 15) is 5.11 Å². The highest BCUT2D eigenvalue weighted by atomic mass is 16.5. The van der Waals surface area contributed by atoms with E-state index in [4.69, 9.17) is 4.74 Å². The predicted octanol–water partition coefficient (Wildman–Crippen LogP) is 5.16. The van der Waals surface area contributed by atoms with Crippen LogP contribution >= 0.6 is 0 Å². The number of benzene rings is 3. The van der Waals surface area contributed by atoms with Crippen LogP contribution in [0.1, 0.15) is 34.4 Å². The highest BCUT2D eigenvalue weighted by Crippen LogP contribution is 2.52. The molecule has 2 unspecified atom stereocenters. The van der Waals surface area contributed by atoms with Crippen molar-refractivity contribution in [1.82, 2.24) is 9.88 Å².